The molecule has 0 aliphatic carbocycles. The summed E-state index contributed by atoms with van der Waals surface area (Å²) < 4.78 is 0. The summed E-state index contributed by atoms with van der Waals surface area (Å²) in [6.45, 7) is 4.98. The number of nitro groups is 1. The van der Waals surface area contributed by atoms with Crippen molar-refractivity contribution in [1.82, 2.24) is 4.90 Å². The van der Waals surface area contributed by atoms with E-state index in [9.17, 15) is 14.9 Å². The van der Waals surface area contributed by atoms with E-state index >= 15 is 0 Å². The molecular weight excluding hydrogens is 318 g/mol. The number of rotatable bonds is 7. The lowest BCUT2D eigenvalue weighted by Gasteiger charge is -2.19. The van der Waals surface area contributed by atoms with E-state index in [2.05, 4.69) is 11.4 Å². The number of carbonyl (C=O) groups excluding carboxylic acids is 1. The summed E-state index contributed by atoms with van der Waals surface area (Å²) in [6, 6.07) is 12.6. The number of hydrogen-bond acceptors (Lipinski definition) is 4. The maximum absolute atomic E-state index is 12.3. The molecule has 0 aromatic heterocycles. The van der Waals surface area contributed by atoms with Crippen molar-refractivity contribution >= 4 is 17.3 Å². The molecule has 1 amide bonds. The molecule has 0 spiro atoms. The monoisotopic (exact) mass is 341 g/mol. The van der Waals surface area contributed by atoms with Gasteiger partial charge in [0.15, 0.2) is 0 Å². The van der Waals surface area contributed by atoms with Crippen molar-refractivity contribution in [3.63, 3.8) is 0 Å². The number of nitrogens with zero attached hydrogens (tertiary/aromatic N) is 2. The van der Waals surface area contributed by atoms with Gasteiger partial charge in [0.25, 0.3) is 5.69 Å². The molecule has 0 radical (unpaired) electrons. The van der Waals surface area contributed by atoms with Gasteiger partial charge in [0, 0.05) is 32.6 Å². The third-order valence-electron chi connectivity index (χ3n) is 4.09. The van der Waals surface area contributed by atoms with Crippen molar-refractivity contribution in [2.45, 2.75) is 26.8 Å². The summed E-state index contributed by atoms with van der Waals surface area (Å²) >= 11 is 0. The number of carbonyl (C=O) groups is 1. The Morgan fingerprint density at radius 2 is 1.92 bits per heavy atom. The molecule has 0 heterocycles. The number of anilines is 1. The van der Waals surface area contributed by atoms with E-state index in [4.69, 9.17) is 0 Å². The van der Waals surface area contributed by atoms with Crippen LogP contribution in [0.1, 0.15) is 23.1 Å². The highest BCUT2D eigenvalue weighted by atomic mass is 16.6. The summed E-state index contributed by atoms with van der Waals surface area (Å²) in [5.41, 5.74) is 3.92. The molecule has 0 saturated carbocycles. The van der Waals surface area contributed by atoms with Gasteiger partial charge in [-0.05, 0) is 31.0 Å². The molecule has 25 heavy (non-hydrogen) atoms. The van der Waals surface area contributed by atoms with Crippen molar-refractivity contribution in [3.8, 4) is 0 Å². The molecule has 132 valence electrons. The first-order valence-corrected chi connectivity index (χ1v) is 8.16. The normalized spacial score (nSPS) is 10.4. The van der Waals surface area contributed by atoms with Crippen molar-refractivity contribution < 1.29 is 9.72 Å². The summed E-state index contributed by atoms with van der Waals surface area (Å²) in [6.07, 6.45) is 0.271. The maximum Gasteiger partial charge on any atom is 0.292 e. The first kappa shape index (κ1) is 18.4. The second-order valence-corrected chi connectivity index (χ2v) is 6.13. The zero-order valence-corrected chi connectivity index (χ0v) is 14.8. The molecule has 2 aromatic rings. The number of nitrogens with one attached hydrogen (secondary N) is 1. The number of hydrogen-bond donors (Lipinski definition) is 1. The quantitative estimate of drug-likeness (QED) is 0.616. The van der Waals surface area contributed by atoms with E-state index in [0.717, 1.165) is 11.1 Å². The van der Waals surface area contributed by atoms with Gasteiger partial charge in [-0.2, -0.15) is 0 Å². The molecule has 0 fully saturated rings. The molecule has 0 aliphatic rings. The van der Waals surface area contributed by atoms with E-state index in [1.54, 1.807) is 30.1 Å². The van der Waals surface area contributed by atoms with Crippen LogP contribution in [0.5, 0.6) is 0 Å². The minimum Gasteiger partial charge on any atom is -0.379 e. The van der Waals surface area contributed by atoms with Crippen molar-refractivity contribution in [1.29, 1.82) is 0 Å². The predicted molar refractivity (Wildman–Crippen MR) is 98.6 cm³/mol. The molecule has 2 rings (SSSR count). The molecular formula is C19H23N3O3. The van der Waals surface area contributed by atoms with Crippen LogP contribution in [0.3, 0.4) is 0 Å². The Balaban J connectivity index is 1.89. The third kappa shape index (κ3) is 5.04. The molecule has 2 aromatic carbocycles. The van der Waals surface area contributed by atoms with Gasteiger partial charge in [0.2, 0.25) is 5.91 Å². The minimum atomic E-state index is -0.434. The topological polar surface area (TPSA) is 75.5 Å². The van der Waals surface area contributed by atoms with E-state index < -0.39 is 4.92 Å². The second-order valence-electron chi connectivity index (χ2n) is 6.13. The number of aryl methyl sites for hydroxylation is 2. The fourth-order valence-corrected chi connectivity index (χ4v) is 2.64. The van der Waals surface area contributed by atoms with Crippen LogP contribution in [0.25, 0.3) is 0 Å². The van der Waals surface area contributed by atoms with Gasteiger partial charge in [0.1, 0.15) is 5.69 Å². The standard InChI is InChI=1S/C19H23N3O3/c1-14-8-9-16(15(2)12-14)13-21(3)19(23)10-11-20-17-6-4-5-7-18(17)22(24)25/h4-9,12,20H,10-11,13H2,1-3H3. The zero-order chi connectivity index (χ0) is 18.4. The first-order valence-electron chi connectivity index (χ1n) is 8.16. The highest BCUT2D eigenvalue weighted by Gasteiger charge is 2.14. The SMILES string of the molecule is Cc1ccc(CN(C)C(=O)CCNc2ccccc2[N+](=O)[O-])c(C)c1. The number of nitro benzene ring substituents is 1. The van der Waals surface area contributed by atoms with Crippen LogP contribution in [0.4, 0.5) is 11.4 Å². The lowest BCUT2D eigenvalue weighted by atomic mass is 10.1. The highest BCUT2D eigenvalue weighted by molar-refractivity contribution is 5.76. The average Bonchev–Trinajstić information content (AvgIpc) is 2.57. The van der Waals surface area contributed by atoms with Crippen LogP contribution in [0.2, 0.25) is 0 Å². The lowest BCUT2D eigenvalue weighted by molar-refractivity contribution is -0.384. The predicted octanol–water partition coefficient (Wildman–Crippen LogP) is 3.67. The molecule has 1 N–H and O–H groups in total. The van der Waals surface area contributed by atoms with Crippen LogP contribution >= 0.6 is 0 Å². The highest BCUT2D eigenvalue weighted by Crippen LogP contribution is 2.23. The Morgan fingerprint density at radius 1 is 1.20 bits per heavy atom. The largest absolute Gasteiger partial charge is 0.379 e. The van der Waals surface area contributed by atoms with Gasteiger partial charge in [-0.1, -0.05) is 35.9 Å². The van der Waals surface area contributed by atoms with Crippen LogP contribution in [0, 0.1) is 24.0 Å². The van der Waals surface area contributed by atoms with Gasteiger partial charge in [-0.25, -0.2) is 0 Å². The Morgan fingerprint density at radius 3 is 2.60 bits per heavy atom. The first-order chi connectivity index (χ1) is 11.9. The molecule has 0 bridgehead atoms. The Bertz CT molecular complexity index is 774. The summed E-state index contributed by atoms with van der Waals surface area (Å²) in [5, 5.41) is 14.0. The number of benzene rings is 2. The van der Waals surface area contributed by atoms with E-state index in [1.807, 2.05) is 26.0 Å². The van der Waals surface area contributed by atoms with Gasteiger partial charge in [0.05, 0.1) is 4.92 Å². The van der Waals surface area contributed by atoms with Crippen LogP contribution in [-0.4, -0.2) is 29.3 Å². The fraction of sp³-hybridized carbons (Fsp3) is 0.316. The smallest absolute Gasteiger partial charge is 0.292 e. The zero-order valence-electron chi connectivity index (χ0n) is 14.8. The molecule has 6 heteroatoms. The van der Waals surface area contributed by atoms with Gasteiger partial charge in [-0.15, -0.1) is 0 Å². The van der Waals surface area contributed by atoms with E-state index in [-0.39, 0.29) is 18.0 Å². The molecule has 0 atom stereocenters. The number of para-hydroxylation sites is 2. The Labute approximate surface area is 147 Å². The van der Waals surface area contributed by atoms with E-state index in [0.29, 0.717) is 18.8 Å². The van der Waals surface area contributed by atoms with Crippen molar-refractivity contribution in [3.05, 3.63) is 69.3 Å². The van der Waals surface area contributed by atoms with Crippen molar-refractivity contribution in [2.75, 3.05) is 18.9 Å². The third-order valence-corrected chi connectivity index (χ3v) is 4.09. The molecule has 0 saturated heterocycles. The summed E-state index contributed by atoms with van der Waals surface area (Å²) in [5.74, 6) is -0.00828. The van der Waals surface area contributed by atoms with Crippen molar-refractivity contribution in [2.24, 2.45) is 0 Å². The fourth-order valence-electron chi connectivity index (χ4n) is 2.64. The summed E-state index contributed by atoms with van der Waals surface area (Å²) in [7, 11) is 1.77. The second kappa shape index (κ2) is 8.28. The average molecular weight is 341 g/mol. The van der Waals surface area contributed by atoms with Crippen LogP contribution in [0.15, 0.2) is 42.5 Å². The summed E-state index contributed by atoms with van der Waals surface area (Å²) in [4.78, 5) is 24.5. The Kier molecular flexibility index (Phi) is 6.11. The Hall–Kier alpha value is -2.89. The van der Waals surface area contributed by atoms with Gasteiger partial charge in [-0.3, -0.25) is 14.9 Å². The van der Waals surface area contributed by atoms with Gasteiger partial charge >= 0.3 is 0 Å². The van der Waals surface area contributed by atoms with Gasteiger partial charge < -0.3 is 10.2 Å². The molecule has 0 aliphatic heterocycles. The van der Waals surface area contributed by atoms with Crippen LogP contribution in [-0.2, 0) is 11.3 Å². The molecule has 0 unspecified atom stereocenters. The number of amides is 1. The minimum absolute atomic E-state index is 0.00828. The maximum atomic E-state index is 12.3. The van der Waals surface area contributed by atoms with E-state index in [1.165, 1.54) is 11.6 Å². The van der Waals surface area contributed by atoms with Crippen LogP contribution < -0.4 is 5.32 Å². The lowest BCUT2D eigenvalue weighted by Crippen LogP contribution is -2.28. The molecule has 6 nitrogen and oxygen atoms in total.